The Morgan fingerprint density at radius 1 is 1.13 bits per heavy atom. The van der Waals surface area contributed by atoms with Crippen LogP contribution in [0.15, 0.2) is 60.1 Å². The number of aromatic nitrogens is 3. The van der Waals surface area contributed by atoms with Gasteiger partial charge in [-0.2, -0.15) is 13.9 Å². The lowest BCUT2D eigenvalue weighted by molar-refractivity contribution is -0.0504. The van der Waals surface area contributed by atoms with E-state index in [0.29, 0.717) is 31.2 Å². The summed E-state index contributed by atoms with van der Waals surface area (Å²) in [6, 6.07) is 13.2. The zero-order chi connectivity index (χ0) is 21.3. The van der Waals surface area contributed by atoms with Gasteiger partial charge in [0.1, 0.15) is 18.4 Å². The van der Waals surface area contributed by atoms with E-state index < -0.39 is 6.61 Å². The van der Waals surface area contributed by atoms with E-state index in [4.69, 9.17) is 0 Å². The maximum Gasteiger partial charge on any atom is 0.387 e. The Morgan fingerprint density at radius 3 is 2.61 bits per heavy atom. The van der Waals surface area contributed by atoms with Gasteiger partial charge in [-0.25, -0.2) is 9.67 Å². The normalized spacial score (nSPS) is 11.2. The molecule has 166 valence electrons. The van der Waals surface area contributed by atoms with Gasteiger partial charge in [0.15, 0.2) is 5.96 Å². The minimum atomic E-state index is -2.87. The van der Waals surface area contributed by atoms with Crippen LogP contribution in [0, 0.1) is 6.92 Å². The topological polar surface area (TPSA) is 76.4 Å². The molecule has 7 nitrogen and oxygen atoms in total. The van der Waals surface area contributed by atoms with Crippen LogP contribution in [-0.2, 0) is 19.6 Å². The minimum Gasteiger partial charge on any atom is -0.434 e. The highest BCUT2D eigenvalue weighted by Gasteiger charge is 2.10. The number of ether oxygens (including phenoxy) is 1. The third-order valence-electron chi connectivity index (χ3n) is 4.36. The first kappa shape index (κ1) is 24.5. The van der Waals surface area contributed by atoms with E-state index in [-0.39, 0.29) is 29.7 Å². The summed E-state index contributed by atoms with van der Waals surface area (Å²) >= 11 is 0. The highest BCUT2D eigenvalue weighted by atomic mass is 127. The summed E-state index contributed by atoms with van der Waals surface area (Å²) in [4.78, 5) is 8.15. The fraction of sp³-hybridized carbons (Fsp3) is 0.286. The molecule has 0 unspecified atom stereocenters. The lowest BCUT2D eigenvalue weighted by atomic mass is 10.1. The van der Waals surface area contributed by atoms with Crippen molar-refractivity contribution in [2.24, 2.45) is 4.99 Å². The number of hydrogen-bond donors (Lipinski definition) is 2. The molecule has 0 saturated heterocycles. The number of hydrogen-bond acceptors (Lipinski definition) is 4. The van der Waals surface area contributed by atoms with Crippen LogP contribution in [0.5, 0.6) is 5.75 Å². The standard InChI is InChI=1S/C21H24F2N6O.HI/c1-15-6-7-19(30-20(22)23)18(8-15)11-27-21(24-2)26-10-16-4-3-5-17(9-16)12-29-14-25-13-28-29;/h3-9,13-14,20H,10-12H2,1-2H3,(H2,24,26,27);1H. The number of guanidine groups is 1. The Bertz CT molecular complexity index is 982. The number of aryl methyl sites for hydroxylation is 1. The quantitative estimate of drug-likeness (QED) is 0.258. The Hall–Kier alpha value is -2.76. The molecule has 0 saturated carbocycles. The summed E-state index contributed by atoms with van der Waals surface area (Å²) in [7, 11) is 1.66. The molecule has 0 atom stereocenters. The molecule has 1 heterocycles. The Kier molecular flexibility index (Phi) is 9.63. The van der Waals surface area contributed by atoms with Crippen molar-refractivity contribution in [1.82, 2.24) is 25.4 Å². The Morgan fingerprint density at radius 2 is 1.90 bits per heavy atom. The van der Waals surface area contributed by atoms with Gasteiger partial charge in [0.05, 0.1) is 6.54 Å². The highest BCUT2D eigenvalue weighted by Crippen LogP contribution is 2.22. The molecule has 0 aliphatic rings. The van der Waals surface area contributed by atoms with E-state index in [1.54, 1.807) is 30.2 Å². The van der Waals surface area contributed by atoms with Gasteiger partial charge in [-0.3, -0.25) is 4.99 Å². The zero-order valence-corrected chi connectivity index (χ0v) is 19.6. The number of nitrogens with one attached hydrogen (secondary N) is 2. The molecule has 3 aromatic rings. The molecule has 3 rings (SSSR count). The van der Waals surface area contributed by atoms with Gasteiger partial charge in [0.2, 0.25) is 0 Å². The lowest BCUT2D eigenvalue weighted by Gasteiger charge is -2.15. The van der Waals surface area contributed by atoms with Crippen LogP contribution in [0.3, 0.4) is 0 Å². The summed E-state index contributed by atoms with van der Waals surface area (Å²) in [6.07, 6.45) is 3.18. The molecule has 31 heavy (non-hydrogen) atoms. The molecule has 0 bridgehead atoms. The van der Waals surface area contributed by atoms with Gasteiger partial charge < -0.3 is 15.4 Å². The number of benzene rings is 2. The number of aliphatic imine (C=N–C) groups is 1. The third-order valence-corrected chi connectivity index (χ3v) is 4.36. The molecule has 0 aliphatic heterocycles. The van der Waals surface area contributed by atoms with Crippen LogP contribution in [-0.4, -0.2) is 34.4 Å². The van der Waals surface area contributed by atoms with Gasteiger partial charge in [-0.1, -0.05) is 42.0 Å². The zero-order valence-electron chi connectivity index (χ0n) is 17.3. The second kappa shape index (κ2) is 12.2. The Balaban J connectivity index is 0.00000341. The van der Waals surface area contributed by atoms with Crippen molar-refractivity contribution in [2.75, 3.05) is 7.05 Å². The maximum atomic E-state index is 12.6. The second-order valence-electron chi connectivity index (χ2n) is 6.68. The molecular weight excluding hydrogens is 517 g/mol. The van der Waals surface area contributed by atoms with Crippen molar-refractivity contribution < 1.29 is 13.5 Å². The molecule has 0 aliphatic carbocycles. The van der Waals surface area contributed by atoms with Crippen molar-refractivity contribution in [1.29, 1.82) is 0 Å². The van der Waals surface area contributed by atoms with E-state index >= 15 is 0 Å². The third kappa shape index (κ3) is 7.78. The molecule has 0 radical (unpaired) electrons. The van der Waals surface area contributed by atoms with Crippen molar-refractivity contribution in [3.8, 4) is 5.75 Å². The number of rotatable bonds is 8. The molecular formula is C21H25F2IN6O. The average molecular weight is 542 g/mol. The van der Waals surface area contributed by atoms with Crippen LogP contribution >= 0.6 is 24.0 Å². The summed E-state index contributed by atoms with van der Waals surface area (Å²) < 4.78 is 31.6. The van der Waals surface area contributed by atoms with Crippen LogP contribution in [0.1, 0.15) is 22.3 Å². The second-order valence-corrected chi connectivity index (χ2v) is 6.68. The molecule has 10 heteroatoms. The predicted molar refractivity (Wildman–Crippen MR) is 126 cm³/mol. The first-order valence-electron chi connectivity index (χ1n) is 9.42. The van der Waals surface area contributed by atoms with Crippen molar-refractivity contribution in [3.05, 3.63) is 77.4 Å². The van der Waals surface area contributed by atoms with E-state index in [2.05, 4.69) is 36.5 Å². The highest BCUT2D eigenvalue weighted by molar-refractivity contribution is 14.0. The predicted octanol–water partition coefficient (Wildman–Crippen LogP) is 3.72. The lowest BCUT2D eigenvalue weighted by Crippen LogP contribution is -2.36. The first-order valence-corrected chi connectivity index (χ1v) is 9.42. The molecule has 0 fully saturated rings. The van der Waals surface area contributed by atoms with Crippen LogP contribution in [0.2, 0.25) is 0 Å². The monoisotopic (exact) mass is 542 g/mol. The smallest absolute Gasteiger partial charge is 0.387 e. The van der Waals surface area contributed by atoms with Gasteiger partial charge >= 0.3 is 6.61 Å². The van der Waals surface area contributed by atoms with Crippen molar-refractivity contribution in [3.63, 3.8) is 0 Å². The summed E-state index contributed by atoms with van der Waals surface area (Å²) in [6.45, 7) is 0.527. The van der Waals surface area contributed by atoms with Gasteiger partial charge in [-0.05, 0) is 24.1 Å². The fourth-order valence-corrected chi connectivity index (χ4v) is 2.98. The van der Waals surface area contributed by atoms with Crippen LogP contribution in [0.25, 0.3) is 0 Å². The van der Waals surface area contributed by atoms with E-state index in [1.165, 1.54) is 6.33 Å². The largest absolute Gasteiger partial charge is 0.434 e. The van der Waals surface area contributed by atoms with Gasteiger partial charge in [0, 0.05) is 25.7 Å². The first-order chi connectivity index (χ1) is 14.5. The summed E-state index contributed by atoms with van der Waals surface area (Å²) in [5.41, 5.74) is 3.78. The Labute approximate surface area is 197 Å². The van der Waals surface area contributed by atoms with Crippen LogP contribution in [0.4, 0.5) is 8.78 Å². The van der Waals surface area contributed by atoms with Crippen molar-refractivity contribution in [2.45, 2.75) is 33.2 Å². The fourth-order valence-electron chi connectivity index (χ4n) is 2.98. The molecule has 2 aromatic carbocycles. The maximum absolute atomic E-state index is 12.6. The van der Waals surface area contributed by atoms with E-state index in [0.717, 1.165) is 16.7 Å². The number of alkyl halides is 2. The summed E-state index contributed by atoms with van der Waals surface area (Å²) in [5, 5.41) is 10.5. The molecule has 0 spiro atoms. The minimum absolute atomic E-state index is 0. The van der Waals surface area contributed by atoms with Crippen LogP contribution < -0.4 is 15.4 Å². The van der Waals surface area contributed by atoms with E-state index in [9.17, 15) is 8.78 Å². The molecule has 2 N–H and O–H groups in total. The van der Waals surface area contributed by atoms with Gasteiger partial charge in [0.25, 0.3) is 0 Å². The molecule has 0 amide bonds. The number of nitrogens with zero attached hydrogens (tertiary/aromatic N) is 4. The van der Waals surface area contributed by atoms with Gasteiger partial charge in [-0.15, -0.1) is 24.0 Å². The van der Waals surface area contributed by atoms with Crippen molar-refractivity contribution >= 4 is 29.9 Å². The summed E-state index contributed by atoms with van der Waals surface area (Å²) in [5.74, 6) is 0.709. The van der Waals surface area contributed by atoms with E-state index in [1.807, 2.05) is 31.2 Å². The molecule has 1 aromatic heterocycles. The average Bonchev–Trinajstić information content (AvgIpc) is 3.23. The SMILES string of the molecule is CN=C(NCc1cccc(Cn2cncn2)c1)NCc1cc(C)ccc1OC(F)F.I. The number of halogens is 3.